The minimum absolute atomic E-state index is 0.196. The van der Waals surface area contributed by atoms with Gasteiger partial charge >= 0.3 is 0 Å². The molecule has 0 radical (unpaired) electrons. The van der Waals surface area contributed by atoms with E-state index in [4.69, 9.17) is 0 Å². The Morgan fingerprint density at radius 1 is 1.19 bits per heavy atom. The molecular formula is C13H22FNO. The molecule has 0 aliphatic carbocycles. The van der Waals surface area contributed by atoms with Gasteiger partial charge < -0.3 is 5.32 Å². The van der Waals surface area contributed by atoms with Crippen molar-refractivity contribution in [3.8, 4) is 0 Å². The predicted molar refractivity (Wildman–Crippen MR) is 67.2 cm³/mol. The first kappa shape index (κ1) is 17.0. The Kier molecular flexibility index (Phi) is 10.8. The van der Waals surface area contributed by atoms with Gasteiger partial charge in [0.2, 0.25) is 0 Å². The van der Waals surface area contributed by atoms with Crippen LogP contribution >= 0.6 is 0 Å². The Labute approximate surface area is 97.9 Å². The lowest BCUT2D eigenvalue weighted by Gasteiger charge is -2.01. The largest absolute Gasteiger partial charge is 0.355 e. The second-order valence-corrected chi connectivity index (χ2v) is 2.54. The highest BCUT2D eigenvalue weighted by Crippen LogP contribution is 2.08. The molecule has 92 valence electrons. The van der Waals surface area contributed by atoms with Crippen LogP contribution in [0.3, 0.4) is 0 Å². The van der Waals surface area contributed by atoms with Gasteiger partial charge in [0, 0.05) is 12.6 Å². The normalized spacial score (nSPS) is 7.94. The van der Waals surface area contributed by atoms with E-state index in [0.29, 0.717) is 11.1 Å². The lowest BCUT2D eigenvalue weighted by Crippen LogP contribution is -2.17. The van der Waals surface area contributed by atoms with Crippen LogP contribution in [0.25, 0.3) is 0 Å². The van der Waals surface area contributed by atoms with Crippen LogP contribution in [0.2, 0.25) is 0 Å². The van der Waals surface area contributed by atoms with Gasteiger partial charge in [-0.3, -0.25) is 4.79 Å². The van der Waals surface area contributed by atoms with Gasteiger partial charge in [-0.25, -0.2) is 4.39 Å². The van der Waals surface area contributed by atoms with Crippen LogP contribution in [0, 0.1) is 12.7 Å². The third-order valence-electron chi connectivity index (χ3n) is 1.65. The van der Waals surface area contributed by atoms with Crippen LogP contribution < -0.4 is 5.32 Å². The Bertz CT molecular complexity index is 311. The smallest absolute Gasteiger partial charge is 0.251 e. The van der Waals surface area contributed by atoms with Crippen LogP contribution in [0.1, 0.15) is 43.6 Å². The monoisotopic (exact) mass is 227 g/mol. The van der Waals surface area contributed by atoms with Crippen molar-refractivity contribution in [1.82, 2.24) is 5.32 Å². The van der Waals surface area contributed by atoms with Crippen LogP contribution in [0.4, 0.5) is 4.39 Å². The number of halogens is 1. The molecule has 0 unspecified atom stereocenters. The Balaban J connectivity index is 0. The summed E-state index contributed by atoms with van der Waals surface area (Å²) in [6.07, 6.45) is 0. The van der Waals surface area contributed by atoms with E-state index in [1.807, 2.05) is 27.7 Å². The number of hydrogen-bond acceptors (Lipinski definition) is 1. The zero-order chi connectivity index (χ0) is 13.1. The molecule has 0 spiro atoms. The van der Waals surface area contributed by atoms with Crippen molar-refractivity contribution in [2.75, 3.05) is 7.05 Å². The number of nitrogens with one attached hydrogen (secondary N) is 1. The van der Waals surface area contributed by atoms with Crippen LogP contribution in [0.15, 0.2) is 18.2 Å². The molecule has 1 amide bonds. The van der Waals surface area contributed by atoms with Crippen molar-refractivity contribution >= 4 is 5.91 Å². The second-order valence-electron chi connectivity index (χ2n) is 2.54. The van der Waals surface area contributed by atoms with Gasteiger partial charge in [0.25, 0.3) is 5.91 Å². The van der Waals surface area contributed by atoms with Crippen molar-refractivity contribution in [3.63, 3.8) is 0 Å². The molecule has 1 N–H and O–H groups in total. The second kappa shape index (κ2) is 10.1. The highest BCUT2D eigenvalue weighted by Gasteiger charge is 2.04. The Morgan fingerprint density at radius 3 is 2.06 bits per heavy atom. The number of benzene rings is 1. The zero-order valence-electron chi connectivity index (χ0n) is 11.0. The molecule has 1 rings (SSSR count). The highest BCUT2D eigenvalue weighted by molar-refractivity contribution is 5.94. The predicted octanol–water partition coefficient (Wildman–Crippen LogP) is 3.55. The van der Waals surface area contributed by atoms with E-state index in [0.717, 1.165) is 0 Å². The number of carbonyl (C=O) groups is 1. The minimum Gasteiger partial charge on any atom is -0.355 e. The third kappa shape index (κ3) is 5.49. The van der Waals surface area contributed by atoms with Crippen molar-refractivity contribution in [3.05, 3.63) is 35.1 Å². The Morgan fingerprint density at radius 2 is 1.69 bits per heavy atom. The van der Waals surface area contributed by atoms with Gasteiger partial charge in [0.15, 0.2) is 0 Å². The van der Waals surface area contributed by atoms with Crippen molar-refractivity contribution < 1.29 is 9.18 Å². The maximum absolute atomic E-state index is 12.7. The molecule has 16 heavy (non-hydrogen) atoms. The van der Waals surface area contributed by atoms with Gasteiger partial charge in [-0.15, -0.1) is 0 Å². The topological polar surface area (TPSA) is 29.1 Å². The maximum atomic E-state index is 12.7. The number of amides is 1. The summed E-state index contributed by atoms with van der Waals surface area (Å²) in [6, 6.07) is 4.27. The average molecular weight is 227 g/mol. The SMILES string of the molecule is CC.CC.CNC(=O)c1ccc(F)c(C)c1. The molecule has 0 fully saturated rings. The number of carbonyl (C=O) groups excluding carboxylic acids is 1. The van der Waals surface area contributed by atoms with E-state index in [9.17, 15) is 9.18 Å². The summed E-state index contributed by atoms with van der Waals surface area (Å²) in [5.74, 6) is -0.485. The van der Waals surface area contributed by atoms with Crippen molar-refractivity contribution in [2.45, 2.75) is 34.6 Å². The average Bonchev–Trinajstić information content (AvgIpc) is 2.36. The van der Waals surface area contributed by atoms with E-state index < -0.39 is 0 Å². The highest BCUT2D eigenvalue weighted by atomic mass is 19.1. The summed E-state index contributed by atoms with van der Waals surface area (Å²) in [5, 5.41) is 2.47. The first-order valence-corrected chi connectivity index (χ1v) is 5.63. The molecule has 0 heterocycles. The first-order valence-electron chi connectivity index (χ1n) is 5.63. The van der Waals surface area contributed by atoms with Gasteiger partial charge in [0.05, 0.1) is 0 Å². The fourth-order valence-electron chi connectivity index (χ4n) is 0.930. The molecule has 2 nitrogen and oxygen atoms in total. The fraction of sp³-hybridized carbons (Fsp3) is 0.462. The van der Waals surface area contributed by atoms with Gasteiger partial charge in [-0.1, -0.05) is 27.7 Å². The van der Waals surface area contributed by atoms with Gasteiger partial charge in [-0.2, -0.15) is 0 Å². The zero-order valence-corrected chi connectivity index (χ0v) is 11.0. The van der Waals surface area contributed by atoms with Gasteiger partial charge in [-0.05, 0) is 30.7 Å². The maximum Gasteiger partial charge on any atom is 0.251 e. The molecule has 3 heteroatoms. The van der Waals surface area contributed by atoms with Crippen LogP contribution in [-0.2, 0) is 0 Å². The number of rotatable bonds is 1. The Hall–Kier alpha value is -1.38. The lowest BCUT2D eigenvalue weighted by molar-refractivity contribution is 0.0963. The first-order chi connectivity index (χ1) is 7.65. The van der Waals surface area contributed by atoms with E-state index >= 15 is 0 Å². The molecule has 0 bridgehead atoms. The molecule has 1 aromatic carbocycles. The standard InChI is InChI=1S/C9H10FNO.2C2H6/c1-6-5-7(9(12)11-2)3-4-8(6)10;2*1-2/h3-5H,1-2H3,(H,11,12);2*1-2H3. The number of aryl methyl sites for hydroxylation is 1. The van der Waals surface area contributed by atoms with Crippen LogP contribution in [0.5, 0.6) is 0 Å². The molecule has 0 aliphatic heterocycles. The molecule has 1 aromatic rings. The van der Waals surface area contributed by atoms with Gasteiger partial charge in [0.1, 0.15) is 5.82 Å². The number of hydrogen-bond donors (Lipinski definition) is 1. The molecule has 0 saturated carbocycles. The molecule has 0 atom stereocenters. The molecular weight excluding hydrogens is 205 g/mol. The lowest BCUT2D eigenvalue weighted by atomic mass is 10.1. The van der Waals surface area contributed by atoms with Crippen LogP contribution in [-0.4, -0.2) is 13.0 Å². The summed E-state index contributed by atoms with van der Waals surface area (Å²) >= 11 is 0. The van der Waals surface area contributed by atoms with E-state index in [1.54, 1.807) is 14.0 Å². The third-order valence-corrected chi connectivity index (χ3v) is 1.65. The van der Waals surface area contributed by atoms with Crippen molar-refractivity contribution in [1.29, 1.82) is 0 Å². The summed E-state index contributed by atoms with van der Waals surface area (Å²) < 4.78 is 12.7. The fourth-order valence-corrected chi connectivity index (χ4v) is 0.930. The summed E-state index contributed by atoms with van der Waals surface area (Å²) in [5.41, 5.74) is 0.965. The summed E-state index contributed by atoms with van der Waals surface area (Å²) in [4.78, 5) is 11.0. The minimum atomic E-state index is -0.289. The summed E-state index contributed by atoms with van der Waals surface area (Å²) in [6.45, 7) is 9.63. The van der Waals surface area contributed by atoms with E-state index in [2.05, 4.69) is 5.32 Å². The quantitative estimate of drug-likeness (QED) is 0.781. The molecule has 0 saturated heterocycles. The molecule has 0 aliphatic rings. The molecule has 0 aromatic heterocycles. The van der Waals surface area contributed by atoms with E-state index in [1.165, 1.54) is 18.2 Å². The summed E-state index contributed by atoms with van der Waals surface area (Å²) in [7, 11) is 1.54. The van der Waals surface area contributed by atoms with Crippen molar-refractivity contribution in [2.24, 2.45) is 0 Å². The van der Waals surface area contributed by atoms with E-state index in [-0.39, 0.29) is 11.7 Å².